The molecule has 0 aliphatic carbocycles. The maximum absolute atomic E-state index is 10.7. The molecule has 0 bridgehead atoms. The minimum absolute atomic E-state index is 0.153. The molecule has 3 N–H and O–H groups in total. The second-order valence-corrected chi connectivity index (χ2v) is 4.33. The molecule has 6 heteroatoms. The first-order valence-electron chi connectivity index (χ1n) is 5.25. The summed E-state index contributed by atoms with van der Waals surface area (Å²) in [5, 5.41) is 19.3. The largest absolute Gasteiger partial charge is 0.481 e. The first-order valence-corrected chi connectivity index (χ1v) is 5.25. The van der Waals surface area contributed by atoms with Gasteiger partial charge in [0.1, 0.15) is 0 Å². The summed E-state index contributed by atoms with van der Waals surface area (Å²) in [6, 6.07) is 0. The van der Waals surface area contributed by atoms with Crippen molar-refractivity contribution in [2.45, 2.75) is 18.5 Å². The highest BCUT2D eigenvalue weighted by molar-refractivity contribution is 5.68. The highest BCUT2D eigenvalue weighted by Gasteiger charge is 2.38. The van der Waals surface area contributed by atoms with Crippen molar-refractivity contribution in [2.24, 2.45) is 7.05 Å². The van der Waals surface area contributed by atoms with E-state index in [-0.39, 0.29) is 12.0 Å². The molecule has 1 aromatic heterocycles. The lowest BCUT2D eigenvalue weighted by atomic mass is 9.88. The van der Waals surface area contributed by atoms with Crippen LogP contribution in [-0.4, -0.2) is 39.5 Å². The van der Waals surface area contributed by atoms with E-state index in [1.54, 1.807) is 10.9 Å². The standard InChI is InChI=1S/C10H16N4O2/c1-14-5-8(4-13-14)3-12-10(2-9(15)16)6-11-7-10/h4-5,11-12H,2-3,6-7H2,1H3,(H,15,16). The van der Waals surface area contributed by atoms with E-state index in [1.165, 1.54) is 0 Å². The number of hydrogen-bond donors (Lipinski definition) is 3. The molecule has 0 saturated carbocycles. The molecular weight excluding hydrogens is 208 g/mol. The average Bonchev–Trinajstić information content (AvgIpc) is 2.55. The number of nitrogens with zero attached hydrogens (tertiary/aromatic N) is 2. The van der Waals surface area contributed by atoms with Crippen molar-refractivity contribution >= 4 is 5.97 Å². The fourth-order valence-corrected chi connectivity index (χ4v) is 1.88. The van der Waals surface area contributed by atoms with Gasteiger partial charge in [-0.3, -0.25) is 9.48 Å². The second-order valence-electron chi connectivity index (χ2n) is 4.33. The number of rotatable bonds is 5. The second kappa shape index (κ2) is 4.23. The summed E-state index contributed by atoms with van der Waals surface area (Å²) >= 11 is 0. The third-order valence-corrected chi connectivity index (χ3v) is 2.84. The minimum atomic E-state index is -0.764. The molecule has 0 unspecified atom stereocenters. The molecule has 1 aromatic rings. The third kappa shape index (κ3) is 2.40. The molecular formula is C10H16N4O2. The van der Waals surface area contributed by atoms with Crippen molar-refractivity contribution in [1.82, 2.24) is 20.4 Å². The molecule has 0 spiro atoms. The van der Waals surface area contributed by atoms with Crippen molar-refractivity contribution in [3.8, 4) is 0 Å². The molecule has 1 aliphatic rings. The van der Waals surface area contributed by atoms with Crippen LogP contribution in [0.2, 0.25) is 0 Å². The lowest BCUT2D eigenvalue weighted by Gasteiger charge is -2.42. The van der Waals surface area contributed by atoms with Crippen molar-refractivity contribution in [1.29, 1.82) is 0 Å². The van der Waals surface area contributed by atoms with E-state index in [0.717, 1.165) is 5.56 Å². The summed E-state index contributed by atoms with van der Waals surface area (Å²) in [7, 11) is 1.86. The number of carbonyl (C=O) groups is 1. The summed E-state index contributed by atoms with van der Waals surface area (Å²) in [5.41, 5.74) is 0.779. The Balaban J connectivity index is 1.90. The van der Waals surface area contributed by atoms with Crippen LogP contribution in [0.5, 0.6) is 0 Å². The van der Waals surface area contributed by atoms with Gasteiger partial charge in [0, 0.05) is 38.4 Å². The molecule has 6 nitrogen and oxygen atoms in total. The zero-order valence-electron chi connectivity index (χ0n) is 9.23. The summed E-state index contributed by atoms with van der Waals surface area (Å²) in [6.45, 7) is 2.07. The Kier molecular flexibility index (Phi) is 2.93. The zero-order chi connectivity index (χ0) is 11.6. The summed E-state index contributed by atoms with van der Waals surface area (Å²) < 4.78 is 1.74. The monoisotopic (exact) mass is 224 g/mol. The molecule has 1 fully saturated rings. The lowest BCUT2D eigenvalue weighted by Crippen LogP contribution is -2.68. The normalized spacial score (nSPS) is 18.1. The minimum Gasteiger partial charge on any atom is -0.481 e. The fraction of sp³-hybridized carbons (Fsp3) is 0.600. The molecule has 88 valence electrons. The Hall–Kier alpha value is -1.40. The van der Waals surface area contributed by atoms with Gasteiger partial charge in [0.25, 0.3) is 0 Å². The van der Waals surface area contributed by atoms with Crippen LogP contribution in [0.1, 0.15) is 12.0 Å². The third-order valence-electron chi connectivity index (χ3n) is 2.84. The first kappa shape index (κ1) is 11.1. The maximum Gasteiger partial charge on any atom is 0.305 e. The highest BCUT2D eigenvalue weighted by atomic mass is 16.4. The molecule has 0 amide bonds. The Morgan fingerprint density at radius 3 is 2.94 bits per heavy atom. The van der Waals surface area contributed by atoms with Gasteiger partial charge >= 0.3 is 5.97 Å². The van der Waals surface area contributed by atoms with Gasteiger partial charge in [-0.25, -0.2) is 0 Å². The van der Waals surface area contributed by atoms with E-state index < -0.39 is 5.97 Å². The first-order chi connectivity index (χ1) is 7.60. The molecule has 0 aromatic carbocycles. The van der Waals surface area contributed by atoms with Crippen LogP contribution in [0, 0.1) is 0 Å². The predicted octanol–water partition coefficient (Wildman–Crippen LogP) is -0.674. The van der Waals surface area contributed by atoms with Crippen LogP contribution in [0.3, 0.4) is 0 Å². The Bertz CT molecular complexity index is 384. The summed E-state index contributed by atoms with van der Waals surface area (Å²) in [5.74, 6) is -0.764. The number of aromatic nitrogens is 2. The average molecular weight is 224 g/mol. The topological polar surface area (TPSA) is 79.2 Å². The number of aliphatic carboxylic acids is 1. The van der Waals surface area contributed by atoms with Gasteiger partial charge in [0.15, 0.2) is 0 Å². The Morgan fingerprint density at radius 1 is 1.75 bits per heavy atom. The molecule has 0 radical (unpaired) electrons. The molecule has 2 rings (SSSR count). The number of nitrogens with one attached hydrogen (secondary N) is 2. The van der Waals surface area contributed by atoms with E-state index in [2.05, 4.69) is 15.7 Å². The highest BCUT2D eigenvalue weighted by Crippen LogP contribution is 2.16. The fourth-order valence-electron chi connectivity index (χ4n) is 1.88. The smallest absolute Gasteiger partial charge is 0.305 e. The molecule has 0 atom stereocenters. The van der Waals surface area contributed by atoms with Gasteiger partial charge in [-0.1, -0.05) is 0 Å². The zero-order valence-corrected chi connectivity index (χ0v) is 9.23. The molecule has 16 heavy (non-hydrogen) atoms. The van der Waals surface area contributed by atoms with Crippen LogP contribution < -0.4 is 10.6 Å². The SMILES string of the molecule is Cn1cc(CNC2(CC(=O)O)CNC2)cn1. The number of carboxylic acids is 1. The molecule has 1 aliphatic heterocycles. The van der Waals surface area contributed by atoms with Gasteiger partial charge in [-0.2, -0.15) is 5.10 Å². The van der Waals surface area contributed by atoms with Gasteiger partial charge in [-0.05, 0) is 0 Å². The van der Waals surface area contributed by atoms with Gasteiger partial charge in [0.05, 0.1) is 18.2 Å². The van der Waals surface area contributed by atoms with Crippen LogP contribution in [0.4, 0.5) is 0 Å². The summed E-state index contributed by atoms with van der Waals surface area (Å²) in [4.78, 5) is 10.7. The lowest BCUT2D eigenvalue weighted by molar-refractivity contribution is -0.139. The number of aryl methyl sites for hydroxylation is 1. The number of hydrogen-bond acceptors (Lipinski definition) is 4. The number of carboxylic acid groups (broad SMARTS) is 1. The van der Waals surface area contributed by atoms with Crippen LogP contribution >= 0.6 is 0 Å². The maximum atomic E-state index is 10.7. The summed E-state index contributed by atoms with van der Waals surface area (Å²) in [6.07, 6.45) is 3.86. The van der Waals surface area contributed by atoms with Crippen molar-refractivity contribution in [3.05, 3.63) is 18.0 Å². The van der Waals surface area contributed by atoms with E-state index in [4.69, 9.17) is 5.11 Å². The van der Waals surface area contributed by atoms with Crippen LogP contribution in [-0.2, 0) is 18.4 Å². The predicted molar refractivity (Wildman–Crippen MR) is 57.9 cm³/mol. The van der Waals surface area contributed by atoms with Gasteiger partial charge in [0.2, 0.25) is 0 Å². The van der Waals surface area contributed by atoms with E-state index in [0.29, 0.717) is 19.6 Å². The van der Waals surface area contributed by atoms with Crippen LogP contribution in [0.25, 0.3) is 0 Å². The molecule has 2 heterocycles. The van der Waals surface area contributed by atoms with Gasteiger partial charge < -0.3 is 15.7 Å². The van der Waals surface area contributed by atoms with Gasteiger partial charge in [-0.15, -0.1) is 0 Å². The van der Waals surface area contributed by atoms with Crippen LogP contribution in [0.15, 0.2) is 12.4 Å². The quantitative estimate of drug-likeness (QED) is 0.618. The van der Waals surface area contributed by atoms with E-state index in [1.807, 2.05) is 13.2 Å². The van der Waals surface area contributed by atoms with E-state index in [9.17, 15) is 4.79 Å². The Morgan fingerprint density at radius 2 is 2.50 bits per heavy atom. The van der Waals surface area contributed by atoms with E-state index >= 15 is 0 Å². The molecule has 1 saturated heterocycles. The van der Waals surface area contributed by atoms with Crippen molar-refractivity contribution in [2.75, 3.05) is 13.1 Å². The van der Waals surface area contributed by atoms with Crippen molar-refractivity contribution in [3.63, 3.8) is 0 Å². The van der Waals surface area contributed by atoms with Crippen molar-refractivity contribution < 1.29 is 9.90 Å². The Labute approximate surface area is 93.6 Å².